The number of anilines is 1. The minimum Gasteiger partial charge on any atom is -0.392 e. The number of nitrogens with zero attached hydrogens (tertiary/aromatic N) is 5. The maximum atomic E-state index is 14.2. The number of aromatic nitrogens is 5. The third-order valence-corrected chi connectivity index (χ3v) is 5.83. The van der Waals surface area contributed by atoms with Crippen LogP contribution in [0.2, 0.25) is 0 Å². The van der Waals surface area contributed by atoms with Crippen LogP contribution < -0.4 is 10.6 Å². The lowest BCUT2D eigenvalue weighted by molar-refractivity contribution is -0.0322. The summed E-state index contributed by atoms with van der Waals surface area (Å²) >= 11 is 0. The normalized spacial score (nSPS) is 18.0. The summed E-state index contributed by atoms with van der Waals surface area (Å²) in [5.74, 6) is -2.60. The second kappa shape index (κ2) is 8.69. The van der Waals surface area contributed by atoms with E-state index in [1.807, 2.05) is 0 Å². The van der Waals surface area contributed by atoms with E-state index in [-0.39, 0.29) is 13.0 Å². The molecule has 0 saturated carbocycles. The van der Waals surface area contributed by atoms with Crippen LogP contribution in [0.25, 0.3) is 28.2 Å². The smallest absolute Gasteiger partial charge is 0.333 e. The molecule has 4 aromatic heterocycles. The molecule has 3 N–H and O–H groups in total. The summed E-state index contributed by atoms with van der Waals surface area (Å²) in [4.78, 5) is 8.87. The highest BCUT2D eigenvalue weighted by molar-refractivity contribution is 5.71. The molecular formula is C22H21F4N7O. The highest BCUT2D eigenvalue weighted by atomic mass is 19.3. The van der Waals surface area contributed by atoms with Gasteiger partial charge in [-0.3, -0.25) is 4.40 Å². The van der Waals surface area contributed by atoms with Crippen LogP contribution in [0.5, 0.6) is 0 Å². The highest BCUT2D eigenvalue weighted by Crippen LogP contribution is 2.30. The third-order valence-electron chi connectivity index (χ3n) is 5.83. The Morgan fingerprint density at radius 3 is 2.82 bits per heavy atom. The Kier molecular flexibility index (Phi) is 5.70. The van der Waals surface area contributed by atoms with E-state index >= 15 is 0 Å². The van der Waals surface area contributed by atoms with Crippen molar-refractivity contribution in [2.45, 2.75) is 31.5 Å². The van der Waals surface area contributed by atoms with E-state index in [0.29, 0.717) is 50.8 Å². The van der Waals surface area contributed by atoms with Gasteiger partial charge in [-0.05, 0) is 36.7 Å². The Bertz CT molecular complexity index is 1320. The van der Waals surface area contributed by atoms with Gasteiger partial charge in [-0.15, -0.1) is 0 Å². The predicted octanol–water partition coefficient (Wildman–Crippen LogP) is 3.56. The van der Waals surface area contributed by atoms with E-state index in [9.17, 15) is 22.7 Å². The van der Waals surface area contributed by atoms with Crippen molar-refractivity contribution in [3.63, 3.8) is 0 Å². The van der Waals surface area contributed by atoms with Gasteiger partial charge in [0.25, 0.3) is 5.92 Å². The Morgan fingerprint density at radius 1 is 1.24 bits per heavy atom. The summed E-state index contributed by atoms with van der Waals surface area (Å²) in [6, 6.07) is 5.67. The van der Waals surface area contributed by atoms with Crippen molar-refractivity contribution >= 4 is 11.5 Å². The number of pyridine rings is 2. The van der Waals surface area contributed by atoms with Gasteiger partial charge in [-0.2, -0.15) is 13.9 Å². The average molecular weight is 475 g/mol. The number of hydrogen-bond acceptors (Lipinski definition) is 6. The van der Waals surface area contributed by atoms with Crippen molar-refractivity contribution in [3.8, 4) is 22.5 Å². The van der Waals surface area contributed by atoms with Gasteiger partial charge in [0, 0.05) is 23.5 Å². The lowest BCUT2D eigenvalue weighted by atomic mass is 10.0. The van der Waals surface area contributed by atoms with Crippen molar-refractivity contribution in [1.29, 1.82) is 0 Å². The summed E-state index contributed by atoms with van der Waals surface area (Å²) in [5, 5.41) is 19.0. The second-order valence-corrected chi connectivity index (χ2v) is 8.06. The first-order valence-corrected chi connectivity index (χ1v) is 10.6. The minimum absolute atomic E-state index is 0.258. The SMILES string of the molecule is OCc1cc2ncc(-c3cccc(N[C@@H]4CCNCC4(F)F)n3)n2cc1-c1cnn(C(F)F)c1. The fraction of sp³-hybridized carbons (Fsp3) is 0.318. The molecule has 0 radical (unpaired) electrons. The van der Waals surface area contributed by atoms with Gasteiger partial charge in [-0.1, -0.05) is 6.07 Å². The first-order chi connectivity index (χ1) is 16.4. The molecular weight excluding hydrogens is 454 g/mol. The quantitative estimate of drug-likeness (QED) is 0.370. The summed E-state index contributed by atoms with van der Waals surface area (Å²) in [7, 11) is 0. The standard InChI is InChI=1S/C22H21F4N7O/c23-21(24)33-9-14(7-29-33)15-10-32-17(8-28-20(32)6-13(15)11-34)16-2-1-3-19(30-16)31-18-4-5-27-12-22(18,25)26/h1-3,6-10,18,21,27,34H,4-5,11-12H2,(H,30,31)/t18-/m1/s1. The molecule has 12 heteroatoms. The number of halogens is 4. The number of piperidine rings is 1. The van der Waals surface area contributed by atoms with E-state index < -0.39 is 25.1 Å². The molecule has 0 spiro atoms. The topological polar surface area (TPSA) is 92.3 Å². The molecule has 1 fully saturated rings. The van der Waals surface area contributed by atoms with Crippen LogP contribution in [0.1, 0.15) is 18.5 Å². The highest BCUT2D eigenvalue weighted by Gasteiger charge is 2.41. The van der Waals surface area contributed by atoms with Crippen molar-refractivity contribution in [2.24, 2.45) is 0 Å². The first kappa shape index (κ1) is 22.3. The number of alkyl halides is 4. The summed E-state index contributed by atoms with van der Waals surface area (Å²) in [6.45, 7) is -3.02. The van der Waals surface area contributed by atoms with Crippen LogP contribution in [0.4, 0.5) is 23.4 Å². The zero-order chi connectivity index (χ0) is 23.9. The number of aliphatic hydroxyl groups excluding tert-OH is 1. The molecule has 8 nitrogen and oxygen atoms in total. The molecule has 4 aromatic rings. The second-order valence-electron chi connectivity index (χ2n) is 8.06. The monoisotopic (exact) mass is 475 g/mol. The van der Waals surface area contributed by atoms with E-state index in [4.69, 9.17) is 0 Å². The van der Waals surface area contributed by atoms with E-state index in [2.05, 4.69) is 25.7 Å². The fourth-order valence-corrected chi connectivity index (χ4v) is 4.08. The van der Waals surface area contributed by atoms with Crippen LogP contribution in [0.15, 0.2) is 49.1 Å². The number of aliphatic hydroxyl groups is 1. The Hall–Kier alpha value is -3.51. The Labute approximate surface area is 191 Å². The van der Waals surface area contributed by atoms with Gasteiger partial charge in [0.2, 0.25) is 0 Å². The lowest BCUT2D eigenvalue weighted by Gasteiger charge is -2.32. The molecule has 1 atom stereocenters. The van der Waals surface area contributed by atoms with Gasteiger partial charge >= 0.3 is 6.55 Å². The maximum absolute atomic E-state index is 14.2. The van der Waals surface area contributed by atoms with Gasteiger partial charge in [0.1, 0.15) is 11.5 Å². The van der Waals surface area contributed by atoms with Crippen molar-refractivity contribution < 1.29 is 22.7 Å². The molecule has 178 valence electrons. The molecule has 5 heterocycles. The number of nitrogens with one attached hydrogen (secondary N) is 2. The summed E-state index contributed by atoms with van der Waals surface area (Å²) in [6.07, 6.45) is 6.00. The van der Waals surface area contributed by atoms with Crippen LogP contribution in [0, 0.1) is 0 Å². The number of fused-ring (bicyclic) bond motifs is 1. The molecule has 0 amide bonds. The van der Waals surface area contributed by atoms with Crippen molar-refractivity contribution in [1.82, 2.24) is 29.5 Å². The van der Waals surface area contributed by atoms with Crippen LogP contribution in [-0.4, -0.2) is 54.3 Å². The third kappa shape index (κ3) is 4.10. The number of rotatable bonds is 6. The van der Waals surface area contributed by atoms with Gasteiger partial charge in [0.05, 0.1) is 43.0 Å². The van der Waals surface area contributed by atoms with Crippen molar-refractivity contribution in [3.05, 3.63) is 54.6 Å². The zero-order valence-corrected chi connectivity index (χ0v) is 17.8. The molecule has 34 heavy (non-hydrogen) atoms. The molecule has 0 bridgehead atoms. The average Bonchev–Trinajstić information content (AvgIpc) is 3.47. The van der Waals surface area contributed by atoms with E-state index in [1.54, 1.807) is 41.1 Å². The largest absolute Gasteiger partial charge is 0.392 e. The molecule has 1 aliphatic rings. The van der Waals surface area contributed by atoms with Crippen LogP contribution >= 0.6 is 0 Å². The van der Waals surface area contributed by atoms with Gasteiger partial charge in [0.15, 0.2) is 0 Å². The summed E-state index contributed by atoms with van der Waals surface area (Å²) < 4.78 is 56.7. The zero-order valence-electron chi connectivity index (χ0n) is 17.8. The Morgan fingerprint density at radius 2 is 2.09 bits per heavy atom. The number of imidazole rings is 1. The molecule has 1 saturated heterocycles. The van der Waals surface area contributed by atoms with Gasteiger partial charge < -0.3 is 15.7 Å². The number of hydrogen-bond donors (Lipinski definition) is 3. The van der Waals surface area contributed by atoms with Gasteiger partial charge in [-0.25, -0.2) is 23.4 Å². The minimum atomic E-state index is -2.91. The summed E-state index contributed by atoms with van der Waals surface area (Å²) in [5.41, 5.74) is 2.97. The maximum Gasteiger partial charge on any atom is 0.333 e. The first-order valence-electron chi connectivity index (χ1n) is 10.6. The molecule has 0 unspecified atom stereocenters. The van der Waals surface area contributed by atoms with Crippen LogP contribution in [0.3, 0.4) is 0 Å². The molecule has 1 aliphatic heterocycles. The Balaban J connectivity index is 1.52. The molecule has 0 aliphatic carbocycles. The van der Waals surface area contributed by atoms with E-state index in [1.165, 1.54) is 12.4 Å². The fourth-order valence-electron chi connectivity index (χ4n) is 4.08. The molecule has 0 aromatic carbocycles. The van der Waals surface area contributed by atoms with Crippen molar-refractivity contribution in [2.75, 3.05) is 18.4 Å². The lowest BCUT2D eigenvalue weighted by Crippen LogP contribution is -2.52. The van der Waals surface area contributed by atoms with E-state index in [0.717, 1.165) is 0 Å². The molecule has 5 rings (SSSR count). The van der Waals surface area contributed by atoms with Crippen LogP contribution in [-0.2, 0) is 6.61 Å². The predicted molar refractivity (Wildman–Crippen MR) is 117 cm³/mol.